The third-order valence-electron chi connectivity index (χ3n) is 6.24. The maximum atomic E-state index is 14.1. The summed E-state index contributed by atoms with van der Waals surface area (Å²) in [6.45, 7) is 1.40. The molecule has 8 heteroatoms. The molecule has 2 aliphatic rings. The van der Waals surface area contributed by atoms with Gasteiger partial charge < -0.3 is 15.4 Å². The minimum atomic E-state index is -1.04. The number of halogens is 1. The number of aromatic nitrogens is 4. The molecule has 0 bridgehead atoms. The molecule has 1 saturated heterocycles. The number of nitrogens with zero attached hydrogens (tertiary/aromatic N) is 4. The van der Waals surface area contributed by atoms with E-state index in [1.54, 1.807) is 6.20 Å². The van der Waals surface area contributed by atoms with Gasteiger partial charge in [-0.3, -0.25) is 4.98 Å². The molecule has 33 heavy (non-hydrogen) atoms. The van der Waals surface area contributed by atoms with E-state index >= 15 is 0 Å². The summed E-state index contributed by atoms with van der Waals surface area (Å²) in [6.07, 6.45) is 4.43. The summed E-state index contributed by atoms with van der Waals surface area (Å²) < 4.78 is 21.9. The Morgan fingerprint density at radius 2 is 2.00 bits per heavy atom. The maximum absolute atomic E-state index is 14.1. The Morgan fingerprint density at radius 1 is 1.12 bits per heavy atom. The second-order valence-electron chi connectivity index (χ2n) is 8.69. The molecule has 0 unspecified atom stereocenters. The molecule has 4 aromatic rings. The van der Waals surface area contributed by atoms with Gasteiger partial charge in [-0.15, -0.1) is 0 Å². The van der Waals surface area contributed by atoms with Gasteiger partial charge in [-0.25, -0.2) is 4.39 Å². The van der Waals surface area contributed by atoms with Gasteiger partial charge in [0.25, 0.3) is 0 Å². The topological polar surface area (TPSA) is 76.4 Å². The number of hydrogen-bond acceptors (Lipinski definition) is 6. The molecular formula is C25H25FN6O. The third-order valence-corrected chi connectivity index (χ3v) is 6.24. The molecule has 3 aromatic heterocycles. The number of pyridine rings is 1. The number of fused-ring (bicyclic) bond motifs is 1. The van der Waals surface area contributed by atoms with Crippen LogP contribution in [0.5, 0.6) is 5.88 Å². The number of nitrogens with one attached hydrogen (secondary N) is 2. The van der Waals surface area contributed by atoms with Crippen LogP contribution in [0, 0.1) is 0 Å². The van der Waals surface area contributed by atoms with E-state index in [-0.39, 0.29) is 0 Å². The van der Waals surface area contributed by atoms with Crippen LogP contribution in [0.1, 0.15) is 29.9 Å². The van der Waals surface area contributed by atoms with E-state index in [1.165, 1.54) is 0 Å². The zero-order valence-corrected chi connectivity index (χ0v) is 18.1. The second-order valence-corrected chi connectivity index (χ2v) is 8.69. The van der Waals surface area contributed by atoms with Gasteiger partial charge in [0.15, 0.2) is 11.8 Å². The summed E-state index contributed by atoms with van der Waals surface area (Å²) in [4.78, 5) is 9.10. The molecule has 1 aliphatic carbocycles. The standard InChI is InChI=1S/C25H25FN6O/c26-20-14-27-15-22(20)33-24-11-23(32-25(31-24)19(13-30-32)17-8-9-17)29-12-16-4-6-18(7-5-16)21-3-1-2-10-28-21/h1-7,10-11,13,17,20,22,27,29H,8-9,12,14-15H2/t20-,22-/m1/s1. The van der Waals surface area contributed by atoms with Crippen molar-refractivity contribution in [3.63, 3.8) is 0 Å². The van der Waals surface area contributed by atoms with Crippen LogP contribution < -0.4 is 15.4 Å². The van der Waals surface area contributed by atoms with Gasteiger partial charge in [-0.05, 0) is 36.5 Å². The second kappa shape index (κ2) is 8.44. The lowest BCUT2D eigenvalue weighted by Crippen LogP contribution is -2.27. The largest absolute Gasteiger partial charge is 0.470 e. The highest BCUT2D eigenvalue weighted by atomic mass is 19.1. The average molecular weight is 445 g/mol. The van der Waals surface area contributed by atoms with Gasteiger partial charge in [-0.2, -0.15) is 14.6 Å². The SMILES string of the molecule is F[C@@H]1CNC[C@H]1Oc1cc(NCc2ccc(-c3ccccn3)cc2)n2ncc(C3CC3)c2n1. The fourth-order valence-corrected chi connectivity index (χ4v) is 4.24. The molecule has 2 fully saturated rings. The summed E-state index contributed by atoms with van der Waals surface area (Å²) in [5.74, 6) is 1.70. The van der Waals surface area contributed by atoms with Crippen molar-refractivity contribution in [2.75, 3.05) is 18.4 Å². The Morgan fingerprint density at radius 3 is 2.73 bits per heavy atom. The van der Waals surface area contributed by atoms with Crippen LogP contribution in [-0.4, -0.2) is 44.9 Å². The van der Waals surface area contributed by atoms with Crippen molar-refractivity contribution in [1.82, 2.24) is 24.9 Å². The Kier molecular flexibility index (Phi) is 5.14. The van der Waals surface area contributed by atoms with Gasteiger partial charge in [0.05, 0.1) is 11.9 Å². The highest BCUT2D eigenvalue weighted by Gasteiger charge is 2.31. The van der Waals surface area contributed by atoms with Crippen molar-refractivity contribution >= 4 is 11.5 Å². The maximum Gasteiger partial charge on any atom is 0.219 e. The molecule has 6 rings (SSSR count). The molecular weight excluding hydrogens is 419 g/mol. The van der Waals surface area contributed by atoms with Crippen LogP contribution in [0.2, 0.25) is 0 Å². The highest BCUT2D eigenvalue weighted by molar-refractivity contribution is 5.60. The van der Waals surface area contributed by atoms with Crippen molar-refractivity contribution in [1.29, 1.82) is 0 Å². The first-order valence-electron chi connectivity index (χ1n) is 11.4. The Labute approximate surface area is 191 Å². The molecule has 168 valence electrons. The number of anilines is 1. The van der Waals surface area contributed by atoms with Gasteiger partial charge in [-0.1, -0.05) is 30.3 Å². The number of hydrogen-bond donors (Lipinski definition) is 2. The Bertz CT molecular complexity index is 1260. The zero-order valence-electron chi connectivity index (χ0n) is 18.1. The van der Waals surface area contributed by atoms with Crippen molar-refractivity contribution < 1.29 is 9.13 Å². The number of rotatable bonds is 7. The van der Waals surface area contributed by atoms with Crippen LogP contribution in [0.15, 0.2) is 60.9 Å². The van der Waals surface area contributed by atoms with E-state index in [0.717, 1.165) is 46.7 Å². The van der Waals surface area contributed by atoms with Crippen LogP contribution in [0.25, 0.3) is 16.9 Å². The average Bonchev–Trinajstić information content (AvgIpc) is 3.49. The first-order chi connectivity index (χ1) is 16.2. The van der Waals surface area contributed by atoms with E-state index in [2.05, 4.69) is 45.0 Å². The predicted octanol–water partition coefficient (Wildman–Crippen LogP) is 3.97. The molecule has 0 radical (unpaired) electrons. The smallest absolute Gasteiger partial charge is 0.219 e. The Balaban J connectivity index is 1.25. The van der Waals surface area contributed by atoms with E-state index < -0.39 is 12.3 Å². The predicted molar refractivity (Wildman–Crippen MR) is 124 cm³/mol. The molecule has 4 heterocycles. The molecule has 2 N–H and O–H groups in total. The van der Waals surface area contributed by atoms with Crippen molar-refractivity contribution in [2.45, 2.75) is 37.6 Å². The van der Waals surface area contributed by atoms with Gasteiger partial charge in [0.1, 0.15) is 11.9 Å². The summed E-state index contributed by atoms with van der Waals surface area (Å²) in [5, 5.41) is 11.1. The van der Waals surface area contributed by atoms with Crippen LogP contribution in [0.3, 0.4) is 0 Å². The highest BCUT2D eigenvalue weighted by Crippen LogP contribution is 2.42. The van der Waals surface area contributed by atoms with Crippen LogP contribution in [0.4, 0.5) is 10.2 Å². The molecule has 1 aliphatic heterocycles. The first-order valence-corrected chi connectivity index (χ1v) is 11.4. The van der Waals surface area contributed by atoms with Gasteiger partial charge >= 0.3 is 0 Å². The summed E-state index contributed by atoms with van der Waals surface area (Å²) in [7, 11) is 0. The number of ether oxygens (including phenoxy) is 1. The quantitative estimate of drug-likeness (QED) is 0.449. The van der Waals surface area contributed by atoms with E-state index in [9.17, 15) is 4.39 Å². The molecule has 0 amide bonds. The van der Waals surface area contributed by atoms with E-state index in [0.29, 0.717) is 31.4 Å². The number of benzene rings is 1. The van der Waals surface area contributed by atoms with Crippen LogP contribution in [-0.2, 0) is 6.54 Å². The van der Waals surface area contributed by atoms with Crippen LogP contribution >= 0.6 is 0 Å². The van der Waals surface area contributed by atoms with E-state index in [1.807, 2.05) is 35.0 Å². The van der Waals surface area contributed by atoms with E-state index in [4.69, 9.17) is 9.72 Å². The fourth-order valence-electron chi connectivity index (χ4n) is 4.24. The summed E-state index contributed by atoms with van der Waals surface area (Å²) in [5.41, 5.74) is 5.06. The Hall–Kier alpha value is -3.52. The summed E-state index contributed by atoms with van der Waals surface area (Å²) in [6, 6.07) is 16.0. The molecule has 1 aromatic carbocycles. The zero-order chi connectivity index (χ0) is 22.2. The fraction of sp³-hybridized carbons (Fsp3) is 0.320. The van der Waals surface area contributed by atoms with Crippen molar-refractivity contribution in [2.24, 2.45) is 0 Å². The normalized spacial score (nSPS) is 20.3. The molecule has 7 nitrogen and oxygen atoms in total. The monoisotopic (exact) mass is 444 g/mol. The number of alkyl halides is 1. The third kappa shape index (κ3) is 4.14. The minimum Gasteiger partial charge on any atom is -0.470 e. The lowest BCUT2D eigenvalue weighted by molar-refractivity contribution is 0.135. The minimum absolute atomic E-state index is 0.312. The molecule has 2 atom stereocenters. The molecule has 0 spiro atoms. The first kappa shape index (κ1) is 20.1. The molecule has 1 saturated carbocycles. The lowest BCUT2D eigenvalue weighted by atomic mass is 10.1. The van der Waals surface area contributed by atoms with Gasteiger partial charge in [0, 0.05) is 43.0 Å². The summed E-state index contributed by atoms with van der Waals surface area (Å²) >= 11 is 0. The lowest BCUT2D eigenvalue weighted by Gasteiger charge is -2.16. The van der Waals surface area contributed by atoms with Crippen molar-refractivity contribution in [3.05, 3.63) is 72.1 Å². The van der Waals surface area contributed by atoms with Crippen molar-refractivity contribution in [3.8, 4) is 17.1 Å². The van der Waals surface area contributed by atoms with Gasteiger partial charge in [0.2, 0.25) is 5.88 Å².